The van der Waals surface area contributed by atoms with Crippen LogP contribution in [0, 0.1) is 51.4 Å². The van der Waals surface area contributed by atoms with E-state index in [1.54, 1.807) is 63.2 Å². The lowest BCUT2D eigenvalue weighted by Gasteiger charge is -2.34. The minimum absolute atomic E-state index is 0.0210. The Morgan fingerprint density at radius 1 is 0.541 bits per heavy atom. The summed E-state index contributed by atoms with van der Waals surface area (Å²) in [7, 11) is 0.902. The molecule has 0 unspecified atom stereocenters. The van der Waals surface area contributed by atoms with Crippen molar-refractivity contribution in [1.82, 2.24) is 5.32 Å². The molecule has 528 valence electrons. The number of hydrogen-bond donors (Lipinski definition) is 4. The number of amides is 1. The lowest BCUT2D eigenvalue weighted by molar-refractivity contribution is -0.368. The second kappa shape index (κ2) is 32.5. The molecule has 0 aromatic heterocycles. The lowest BCUT2D eigenvalue weighted by Crippen LogP contribution is -2.58. The Balaban J connectivity index is 0.000000283. The number of carbonyl (C=O) groups excluding carboxylic acids is 2. The molecule has 0 spiro atoms. The number of carboxylic acids is 2. The van der Waals surface area contributed by atoms with Crippen LogP contribution in [0.2, 0.25) is 0 Å². The maximum absolute atomic E-state index is 13.6. The maximum atomic E-state index is 13.6. The molecule has 0 fully saturated rings. The number of benzene rings is 6. The van der Waals surface area contributed by atoms with Crippen LogP contribution in [0.4, 0.5) is 52.7 Å². The fraction of sp³-hybridized carbons (Fsp3) is 0.397. The molecular weight excluding hydrogens is 1310 g/mol. The molecule has 25 heteroatoms. The first-order valence-corrected chi connectivity index (χ1v) is 30.6. The van der Waals surface area contributed by atoms with Gasteiger partial charge in [-0.2, -0.15) is 52.7 Å². The molecule has 0 bridgehead atoms. The minimum atomic E-state index is -6.04. The SMILES string of the molecule is CC(=O)OCC1c2ccccc2-c2ccccc21.CCC(CC)(c1ccc(C#CC(O)(C(F)(F)F)C(F)(F)F)c(C)c1)c1ccc(OCC(=O)N[C@H](C)C(=O)O)c(C)c1.CCC(CC)(c1ccc(C#CC(OCOC)(C(F)(F)F)C(F)(F)F)c(C)c1)c1ccc(OCC(=O)O)c(C)c1. The lowest BCUT2D eigenvalue weighted by atomic mass is 9.70. The number of carboxylic acid groups (broad SMARTS) is 2. The molecule has 1 aliphatic carbocycles. The van der Waals surface area contributed by atoms with Crippen LogP contribution in [0.5, 0.6) is 11.5 Å². The number of carbonyl (C=O) groups is 4. The van der Waals surface area contributed by atoms with Crippen molar-refractivity contribution in [3.05, 3.63) is 188 Å². The predicted octanol–water partition coefficient (Wildman–Crippen LogP) is 15.7. The van der Waals surface area contributed by atoms with Crippen LogP contribution >= 0.6 is 0 Å². The van der Waals surface area contributed by atoms with E-state index in [1.165, 1.54) is 61.1 Å². The summed E-state index contributed by atoms with van der Waals surface area (Å²) in [6.07, 6.45) is -21.4. The van der Waals surface area contributed by atoms with Gasteiger partial charge in [-0.25, -0.2) is 4.79 Å². The normalized spacial score (nSPS) is 12.9. The third kappa shape index (κ3) is 18.0. The van der Waals surface area contributed by atoms with Crippen molar-refractivity contribution in [1.29, 1.82) is 0 Å². The maximum Gasteiger partial charge on any atom is 0.438 e. The Hall–Kier alpha value is -9.04. The Morgan fingerprint density at radius 3 is 1.28 bits per heavy atom. The zero-order valence-corrected chi connectivity index (χ0v) is 55.4. The standard InChI is InChI=1S/C29H31F6NO5.C28H30F6O5.C16H14O2/c1-6-26(7-2,22-10-11-23(18(4)15-22)41-16-24(37)36-19(5)25(38)39)21-9-8-20(17(3)14-21)12-13-27(40,28(30,31)32)29(33,34)35;1-6-25(7-2,22-10-11-23(19(4)15-22)38-16-24(35)36)21-9-8-20(18(3)14-21)12-13-26(27(29,30)31,28(32,33)34)39-17-37-5;1-11(17)18-10-16-14-8-4-2-6-12(14)13-7-3-5-9-15(13)16/h8-11,14-15,19,40H,6-7,16H2,1-5H3,(H,36,37)(H,38,39);8-11,14-15H,6-7,16-17H2,1-5H3,(H,35,36);2-9,16H,10H2,1H3/t19-;;/m1../s1. The zero-order valence-electron chi connectivity index (χ0n) is 55.4. The summed E-state index contributed by atoms with van der Waals surface area (Å²) in [4.78, 5) is 44.7. The van der Waals surface area contributed by atoms with Gasteiger partial charge in [-0.1, -0.05) is 137 Å². The van der Waals surface area contributed by atoms with Crippen molar-refractivity contribution in [2.24, 2.45) is 0 Å². The number of methoxy groups -OCH3 is 1. The van der Waals surface area contributed by atoms with E-state index in [0.717, 1.165) is 35.3 Å². The van der Waals surface area contributed by atoms with Gasteiger partial charge in [0, 0.05) is 41.9 Å². The number of alkyl halides is 12. The molecule has 6 aromatic rings. The molecule has 13 nitrogen and oxygen atoms in total. The first-order valence-electron chi connectivity index (χ1n) is 30.6. The van der Waals surface area contributed by atoms with Crippen molar-refractivity contribution < 1.29 is 111 Å². The van der Waals surface area contributed by atoms with Crippen molar-refractivity contribution in [3.63, 3.8) is 0 Å². The van der Waals surface area contributed by atoms with Gasteiger partial charge in [0.1, 0.15) is 30.9 Å². The van der Waals surface area contributed by atoms with E-state index < -0.39 is 90.6 Å². The average Bonchev–Trinajstić information content (AvgIpc) is 0.893. The number of ether oxygens (including phenoxy) is 5. The molecular formula is C73H75F12NO12. The predicted molar refractivity (Wildman–Crippen MR) is 340 cm³/mol. The summed E-state index contributed by atoms with van der Waals surface area (Å²) in [5, 5.41) is 29.4. The van der Waals surface area contributed by atoms with Crippen molar-refractivity contribution in [2.75, 3.05) is 33.7 Å². The number of aliphatic hydroxyl groups is 1. The molecule has 98 heavy (non-hydrogen) atoms. The number of halogens is 12. The van der Waals surface area contributed by atoms with Crippen molar-refractivity contribution in [2.45, 2.75) is 154 Å². The number of esters is 1. The number of aryl methyl sites for hydroxylation is 4. The molecule has 0 aliphatic heterocycles. The first-order chi connectivity index (χ1) is 45.7. The second-order valence-corrected chi connectivity index (χ2v) is 23.2. The van der Waals surface area contributed by atoms with Gasteiger partial charge in [-0.15, -0.1) is 0 Å². The van der Waals surface area contributed by atoms with Crippen LogP contribution in [-0.2, 0) is 44.2 Å². The molecule has 0 heterocycles. The number of aliphatic carboxylic acids is 2. The highest BCUT2D eigenvalue weighted by Crippen LogP contribution is 2.48. The minimum Gasteiger partial charge on any atom is -0.484 e. The van der Waals surface area contributed by atoms with E-state index >= 15 is 0 Å². The smallest absolute Gasteiger partial charge is 0.438 e. The van der Waals surface area contributed by atoms with Gasteiger partial charge in [-0.05, 0) is 163 Å². The first kappa shape index (κ1) is 79.6. The van der Waals surface area contributed by atoms with E-state index in [9.17, 15) is 77.0 Å². The molecule has 4 N–H and O–H groups in total. The van der Waals surface area contributed by atoms with E-state index in [2.05, 4.69) is 39.1 Å². The highest BCUT2D eigenvalue weighted by Gasteiger charge is 2.73. The second-order valence-electron chi connectivity index (χ2n) is 23.2. The van der Waals surface area contributed by atoms with Gasteiger partial charge in [0.05, 0.1) is 0 Å². The number of hydrogen-bond acceptors (Lipinski definition) is 10. The van der Waals surface area contributed by atoms with Crippen LogP contribution in [0.1, 0.15) is 140 Å². The molecule has 6 aromatic carbocycles. The van der Waals surface area contributed by atoms with Gasteiger partial charge in [0.25, 0.3) is 5.91 Å². The third-order valence-electron chi connectivity index (χ3n) is 17.1. The third-order valence-corrected chi connectivity index (χ3v) is 17.1. The molecule has 1 atom stereocenters. The molecule has 1 aliphatic rings. The quantitative estimate of drug-likeness (QED) is 0.0232. The molecule has 0 saturated heterocycles. The summed E-state index contributed by atoms with van der Waals surface area (Å²) >= 11 is 0. The highest BCUT2D eigenvalue weighted by molar-refractivity contribution is 5.84. The van der Waals surface area contributed by atoms with Crippen LogP contribution in [0.15, 0.2) is 121 Å². The van der Waals surface area contributed by atoms with Gasteiger partial charge < -0.3 is 44.3 Å². The van der Waals surface area contributed by atoms with Gasteiger partial charge >= 0.3 is 53.8 Å². The molecule has 0 saturated carbocycles. The van der Waals surface area contributed by atoms with E-state index in [-0.39, 0.29) is 23.0 Å². The summed E-state index contributed by atoms with van der Waals surface area (Å²) in [6.45, 7) is 15.4. The van der Waals surface area contributed by atoms with E-state index in [0.29, 0.717) is 66.0 Å². The number of rotatable bonds is 21. The Bertz CT molecular complexity index is 3860. The summed E-state index contributed by atoms with van der Waals surface area (Å²) in [5.41, 5.74) is -0.728. The van der Waals surface area contributed by atoms with E-state index in [1.807, 2.05) is 82.0 Å². The summed E-state index contributed by atoms with van der Waals surface area (Å²) in [6, 6.07) is 35.5. The highest BCUT2D eigenvalue weighted by atomic mass is 19.4. The van der Waals surface area contributed by atoms with Gasteiger partial charge in [-0.3, -0.25) is 14.4 Å². The van der Waals surface area contributed by atoms with Crippen LogP contribution in [0.3, 0.4) is 0 Å². The summed E-state index contributed by atoms with van der Waals surface area (Å²) < 4.78 is 184. The fourth-order valence-electron chi connectivity index (χ4n) is 11.4. The Kier molecular flexibility index (Phi) is 26.5. The van der Waals surface area contributed by atoms with Crippen LogP contribution in [-0.4, -0.2) is 115 Å². The average molecular weight is 1390 g/mol. The molecule has 7 rings (SSSR count). The monoisotopic (exact) mass is 1390 g/mol. The van der Waals surface area contributed by atoms with Crippen molar-refractivity contribution >= 4 is 23.8 Å². The number of fused-ring (bicyclic) bond motifs is 3. The van der Waals surface area contributed by atoms with Gasteiger partial charge in [0.15, 0.2) is 13.2 Å². The largest absolute Gasteiger partial charge is 0.484 e. The topological polar surface area (TPSA) is 187 Å². The van der Waals surface area contributed by atoms with Crippen LogP contribution < -0.4 is 14.8 Å². The van der Waals surface area contributed by atoms with Gasteiger partial charge in [0.2, 0.25) is 0 Å². The molecule has 0 radical (unpaired) electrons. The van der Waals surface area contributed by atoms with Crippen LogP contribution in [0.25, 0.3) is 11.1 Å². The summed E-state index contributed by atoms with van der Waals surface area (Å²) in [5.74, 6) is 4.03. The number of nitrogens with one attached hydrogen (secondary N) is 1. The van der Waals surface area contributed by atoms with E-state index in [4.69, 9.17) is 24.4 Å². The fourth-order valence-corrected chi connectivity index (χ4v) is 11.4. The Morgan fingerprint density at radius 2 is 0.929 bits per heavy atom. The molecule has 1 amide bonds. The Labute approximate surface area is 559 Å². The van der Waals surface area contributed by atoms with Crippen molar-refractivity contribution in [3.8, 4) is 46.3 Å². The zero-order chi connectivity index (χ0) is 73.6.